The first-order valence-corrected chi connectivity index (χ1v) is 7.12. The fraction of sp³-hybridized carbons (Fsp3) is 0.333. The number of imide groups is 2. The molecule has 1 N–H and O–H groups in total. The number of methoxy groups -OCH3 is 2. The monoisotopic (exact) mass is 335 g/mol. The van der Waals surface area contributed by atoms with Gasteiger partial charge in [-0.25, -0.2) is 9.69 Å². The zero-order valence-corrected chi connectivity index (χ0v) is 13.5. The van der Waals surface area contributed by atoms with E-state index in [4.69, 9.17) is 9.47 Å². The van der Waals surface area contributed by atoms with Crippen molar-refractivity contribution in [1.82, 2.24) is 9.80 Å². The molecule has 0 spiro atoms. The van der Waals surface area contributed by atoms with Crippen LogP contribution >= 0.6 is 0 Å². The number of carbonyl (C=O) groups excluding carboxylic acids is 4. The van der Waals surface area contributed by atoms with Crippen LogP contribution in [0.15, 0.2) is 18.2 Å². The minimum Gasteiger partial charge on any atom is -0.497 e. The maximum absolute atomic E-state index is 12.1. The molecule has 1 aromatic rings. The Morgan fingerprint density at radius 1 is 1.08 bits per heavy atom. The molecule has 9 nitrogen and oxygen atoms in total. The largest absolute Gasteiger partial charge is 0.497 e. The summed E-state index contributed by atoms with van der Waals surface area (Å²) in [7, 11) is 2.91. The van der Waals surface area contributed by atoms with Gasteiger partial charge in [0.25, 0.3) is 0 Å². The van der Waals surface area contributed by atoms with E-state index in [9.17, 15) is 19.2 Å². The molecule has 1 aliphatic rings. The van der Waals surface area contributed by atoms with E-state index >= 15 is 0 Å². The van der Waals surface area contributed by atoms with E-state index in [1.165, 1.54) is 20.3 Å². The van der Waals surface area contributed by atoms with E-state index in [0.717, 1.165) is 4.90 Å². The highest BCUT2D eigenvalue weighted by Gasteiger charge is 2.44. The van der Waals surface area contributed by atoms with Crippen molar-refractivity contribution in [2.45, 2.75) is 6.92 Å². The molecule has 0 aromatic heterocycles. The number of hydrogen-bond acceptors (Lipinski definition) is 6. The molecule has 9 heteroatoms. The first-order valence-electron chi connectivity index (χ1n) is 7.12. The van der Waals surface area contributed by atoms with Crippen molar-refractivity contribution in [2.75, 3.05) is 32.6 Å². The van der Waals surface area contributed by atoms with Gasteiger partial charge in [0.1, 0.15) is 18.0 Å². The third kappa shape index (κ3) is 3.14. The lowest BCUT2D eigenvalue weighted by Crippen LogP contribution is -2.39. The van der Waals surface area contributed by atoms with Crippen LogP contribution in [0.25, 0.3) is 0 Å². The molecule has 0 radical (unpaired) electrons. The average molecular weight is 335 g/mol. The lowest BCUT2D eigenvalue weighted by atomic mass is 10.2. The summed E-state index contributed by atoms with van der Waals surface area (Å²) in [4.78, 5) is 48.9. The Hall–Kier alpha value is -3.10. The van der Waals surface area contributed by atoms with Crippen LogP contribution in [0.3, 0.4) is 0 Å². The quantitative estimate of drug-likeness (QED) is 0.598. The number of likely N-dealkylation sites (N-methyl/N-ethyl adjacent to an activating group) is 1. The maximum atomic E-state index is 12.1. The lowest BCUT2D eigenvalue weighted by molar-refractivity contribution is -0.143. The summed E-state index contributed by atoms with van der Waals surface area (Å²) in [5, 5.41) is 2.53. The van der Waals surface area contributed by atoms with Gasteiger partial charge in [-0.2, -0.15) is 0 Å². The lowest BCUT2D eigenvalue weighted by Gasteiger charge is -2.15. The molecule has 0 unspecified atom stereocenters. The Bertz CT molecular complexity index is 702. The molecule has 1 aromatic carbocycles. The van der Waals surface area contributed by atoms with Crippen molar-refractivity contribution in [2.24, 2.45) is 0 Å². The van der Waals surface area contributed by atoms with Crippen LogP contribution in [0, 0.1) is 0 Å². The summed E-state index contributed by atoms with van der Waals surface area (Å²) in [6, 6.07) is 3.98. The van der Waals surface area contributed by atoms with Gasteiger partial charge in [-0.3, -0.25) is 19.3 Å². The number of nitrogens with zero attached hydrogens (tertiary/aromatic N) is 2. The standard InChI is InChI=1S/C15H17N3O6/c1-4-17-13(20)14(21)18(15(17)22)8-12(19)16-10-7-9(23-2)5-6-11(10)24-3/h5-7H,4,8H2,1-3H3,(H,16,19). The van der Waals surface area contributed by atoms with Crippen molar-refractivity contribution >= 4 is 29.4 Å². The molecule has 0 aliphatic carbocycles. The highest BCUT2D eigenvalue weighted by atomic mass is 16.5. The van der Waals surface area contributed by atoms with Crippen LogP contribution in [0.2, 0.25) is 0 Å². The second kappa shape index (κ2) is 6.99. The number of hydrogen-bond donors (Lipinski definition) is 1. The molecule has 5 amide bonds. The third-order valence-corrected chi connectivity index (χ3v) is 3.43. The molecule has 1 fully saturated rings. The number of rotatable bonds is 6. The smallest absolute Gasteiger partial charge is 0.334 e. The first-order chi connectivity index (χ1) is 11.4. The van der Waals surface area contributed by atoms with Gasteiger partial charge in [-0.1, -0.05) is 0 Å². The van der Waals surface area contributed by atoms with Crippen molar-refractivity contribution in [3.63, 3.8) is 0 Å². The van der Waals surface area contributed by atoms with E-state index in [2.05, 4.69) is 5.32 Å². The Kier molecular flexibility index (Phi) is 5.02. The molecule has 1 saturated heterocycles. The topological polar surface area (TPSA) is 105 Å². The van der Waals surface area contributed by atoms with Gasteiger partial charge in [-0.15, -0.1) is 0 Å². The normalized spacial score (nSPS) is 14.2. The fourth-order valence-electron chi connectivity index (χ4n) is 2.21. The Labute approximate surface area is 138 Å². The van der Waals surface area contributed by atoms with Gasteiger partial charge < -0.3 is 14.8 Å². The number of nitrogens with one attached hydrogen (secondary N) is 1. The van der Waals surface area contributed by atoms with Gasteiger partial charge >= 0.3 is 17.8 Å². The summed E-state index contributed by atoms with van der Waals surface area (Å²) in [5.74, 6) is -1.72. The minimum atomic E-state index is -1.02. The molecular formula is C15H17N3O6. The predicted molar refractivity (Wildman–Crippen MR) is 82.7 cm³/mol. The zero-order chi connectivity index (χ0) is 17.9. The molecule has 24 heavy (non-hydrogen) atoms. The van der Waals surface area contributed by atoms with E-state index in [1.807, 2.05) is 0 Å². The first kappa shape index (κ1) is 17.3. The number of benzene rings is 1. The molecular weight excluding hydrogens is 318 g/mol. The van der Waals surface area contributed by atoms with E-state index < -0.39 is 30.3 Å². The SMILES string of the molecule is CCN1C(=O)C(=O)N(CC(=O)Nc2cc(OC)ccc2OC)C1=O. The van der Waals surface area contributed by atoms with Gasteiger partial charge in [-0.05, 0) is 19.1 Å². The summed E-state index contributed by atoms with van der Waals surface area (Å²) in [5.41, 5.74) is 0.319. The van der Waals surface area contributed by atoms with Crippen LogP contribution < -0.4 is 14.8 Å². The molecule has 128 valence electrons. The predicted octanol–water partition coefficient (Wildman–Crippen LogP) is 0.453. The minimum absolute atomic E-state index is 0.0607. The Balaban J connectivity index is 2.13. The average Bonchev–Trinajstić information content (AvgIpc) is 2.77. The zero-order valence-electron chi connectivity index (χ0n) is 13.5. The molecule has 0 bridgehead atoms. The van der Waals surface area contributed by atoms with Crippen molar-refractivity contribution < 1.29 is 28.7 Å². The second-order valence-corrected chi connectivity index (χ2v) is 4.84. The highest BCUT2D eigenvalue weighted by Crippen LogP contribution is 2.28. The molecule has 0 atom stereocenters. The fourth-order valence-corrected chi connectivity index (χ4v) is 2.21. The van der Waals surface area contributed by atoms with Crippen LogP contribution in [-0.4, -0.2) is 60.9 Å². The number of carbonyl (C=O) groups is 4. The number of anilines is 1. The molecule has 2 rings (SSSR count). The Morgan fingerprint density at radius 2 is 1.75 bits per heavy atom. The number of amides is 5. The maximum Gasteiger partial charge on any atom is 0.334 e. The summed E-state index contributed by atoms with van der Waals surface area (Å²) in [6.45, 7) is 1.05. The summed E-state index contributed by atoms with van der Waals surface area (Å²) in [6.07, 6.45) is 0. The van der Waals surface area contributed by atoms with Crippen LogP contribution in [0.1, 0.15) is 6.92 Å². The number of urea groups is 1. The van der Waals surface area contributed by atoms with Crippen molar-refractivity contribution in [3.05, 3.63) is 18.2 Å². The molecule has 1 heterocycles. The molecule has 0 saturated carbocycles. The number of ether oxygens (including phenoxy) is 2. The van der Waals surface area contributed by atoms with Crippen LogP contribution in [-0.2, 0) is 14.4 Å². The van der Waals surface area contributed by atoms with Gasteiger partial charge in [0.2, 0.25) is 5.91 Å². The van der Waals surface area contributed by atoms with Crippen LogP contribution in [0.5, 0.6) is 11.5 Å². The molecule has 1 aliphatic heterocycles. The van der Waals surface area contributed by atoms with Crippen LogP contribution in [0.4, 0.5) is 10.5 Å². The third-order valence-electron chi connectivity index (χ3n) is 3.43. The highest BCUT2D eigenvalue weighted by molar-refractivity contribution is 6.45. The van der Waals surface area contributed by atoms with Crippen molar-refractivity contribution in [3.8, 4) is 11.5 Å². The summed E-state index contributed by atoms with van der Waals surface area (Å²) >= 11 is 0. The van der Waals surface area contributed by atoms with Gasteiger partial charge in [0.05, 0.1) is 19.9 Å². The second-order valence-electron chi connectivity index (χ2n) is 4.84. The van der Waals surface area contributed by atoms with Crippen molar-refractivity contribution in [1.29, 1.82) is 0 Å². The summed E-state index contributed by atoms with van der Waals surface area (Å²) < 4.78 is 10.2. The van der Waals surface area contributed by atoms with E-state index in [0.29, 0.717) is 22.1 Å². The van der Waals surface area contributed by atoms with Gasteiger partial charge in [0.15, 0.2) is 0 Å². The van der Waals surface area contributed by atoms with E-state index in [-0.39, 0.29) is 6.54 Å². The van der Waals surface area contributed by atoms with Gasteiger partial charge in [0, 0.05) is 12.6 Å². The van der Waals surface area contributed by atoms with E-state index in [1.54, 1.807) is 19.1 Å². The Morgan fingerprint density at radius 3 is 2.29 bits per heavy atom.